The molecule has 1 aromatic rings. The lowest BCUT2D eigenvalue weighted by molar-refractivity contribution is 0.164. The summed E-state index contributed by atoms with van der Waals surface area (Å²) in [4.78, 5) is -0.116. The molecule has 2 atom stereocenters. The minimum atomic E-state index is -3.80. The second kappa shape index (κ2) is 6.18. The number of nitrogens with two attached hydrogens (primary N) is 1. The third-order valence-electron chi connectivity index (χ3n) is 2.33. The third kappa shape index (κ3) is 3.81. The summed E-state index contributed by atoms with van der Waals surface area (Å²) < 4.78 is 26.2. The van der Waals surface area contributed by atoms with Gasteiger partial charge in [0.25, 0.3) is 0 Å². The average molecular weight is 313 g/mol. The zero-order chi connectivity index (χ0) is 13.9. The van der Waals surface area contributed by atoms with Crippen LogP contribution >= 0.6 is 23.2 Å². The van der Waals surface area contributed by atoms with E-state index in [1.165, 1.54) is 25.1 Å². The summed E-state index contributed by atoms with van der Waals surface area (Å²) in [6.07, 6.45) is -0.817. The van der Waals surface area contributed by atoms with Gasteiger partial charge in [-0.2, -0.15) is 0 Å². The maximum Gasteiger partial charge on any atom is 0.242 e. The number of aliphatic hydroxyl groups is 1. The van der Waals surface area contributed by atoms with E-state index in [0.717, 1.165) is 0 Å². The molecule has 0 saturated carbocycles. The first-order valence-corrected chi connectivity index (χ1v) is 7.37. The van der Waals surface area contributed by atoms with Crippen LogP contribution in [0.1, 0.15) is 6.92 Å². The Balaban J connectivity index is 2.91. The molecule has 4 N–H and O–H groups in total. The Labute approximate surface area is 116 Å². The van der Waals surface area contributed by atoms with Gasteiger partial charge in [0.05, 0.1) is 16.1 Å². The molecule has 1 rings (SSSR count). The van der Waals surface area contributed by atoms with Gasteiger partial charge in [-0.05, 0) is 19.1 Å². The zero-order valence-corrected chi connectivity index (χ0v) is 11.9. The molecule has 1 aromatic carbocycles. The maximum absolute atomic E-state index is 11.9. The van der Waals surface area contributed by atoms with Crippen molar-refractivity contribution < 1.29 is 13.5 Å². The fourth-order valence-electron chi connectivity index (χ4n) is 1.15. The van der Waals surface area contributed by atoms with Gasteiger partial charge in [-0.15, -0.1) is 0 Å². The maximum atomic E-state index is 11.9. The molecule has 0 aromatic heterocycles. The molecule has 0 fully saturated rings. The number of benzene rings is 1. The summed E-state index contributed by atoms with van der Waals surface area (Å²) in [6, 6.07) is 3.62. The summed E-state index contributed by atoms with van der Waals surface area (Å²) >= 11 is 11.6. The van der Waals surface area contributed by atoms with Crippen LogP contribution in [0.4, 0.5) is 0 Å². The van der Waals surface area contributed by atoms with Crippen molar-refractivity contribution in [1.82, 2.24) is 4.72 Å². The lowest BCUT2D eigenvalue weighted by atomic mass is 10.2. The van der Waals surface area contributed by atoms with Crippen LogP contribution in [0, 0.1) is 0 Å². The number of hydrogen-bond acceptors (Lipinski definition) is 4. The van der Waals surface area contributed by atoms with Crippen molar-refractivity contribution in [2.45, 2.75) is 24.0 Å². The van der Waals surface area contributed by atoms with Gasteiger partial charge in [-0.25, -0.2) is 13.1 Å². The van der Waals surface area contributed by atoms with Crippen molar-refractivity contribution in [3.8, 4) is 0 Å². The van der Waals surface area contributed by atoms with Crippen molar-refractivity contribution in [2.75, 3.05) is 6.54 Å². The summed E-state index contributed by atoms with van der Waals surface area (Å²) in [6.45, 7) is 1.38. The lowest BCUT2D eigenvalue weighted by Crippen LogP contribution is -2.43. The van der Waals surface area contributed by atoms with Gasteiger partial charge in [0, 0.05) is 12.6 Å². The first kappa shape index (κ1) is 15.7. The van der Waals surface area contributed by atoms with Crippen molar-refractivity contribution in [2.24, 2.45) is 5.73 Å². The molecule has 0 bridgehead atoms. The standard InChI is InChI=1S/C10H14Cl2N2O3S/c1-6(15)8(13)5-14-18(16,17)9-4-2-3-7(11)10(9)12/h2-4,6,8,14-15H,5,13H2,1H3. The molecule has 5 nitrogen and oxygen atoms in total. The monoisotopic (exact) mass is 312 g/mol. The summed E-state index contributed by atoms with van der Waals surface area (Å²) in [5.74, 6) is 0. The van der Waals surface area contributed by atoms with Gasteiger partial charge in [0.1, 0.15) is 4.90 Å². The van der Waals surface area contributed by atoms with E-state index in [1.54, 1.807) is 0 Å². The number of halogens is 2. The fourth-order valence-corrected chi connectivity index (χ4v) is 2.98. The van der Waals surface area contributed by atoms with E-state index in [1.807, 2.05) is 0 Å². The fraction of sp³-hybridized carbons (Fsp3) is 0.400. The molecule has 0 amide bonds. The SMILES string of the molecule is CC(O)C(N)CNS(=O)(=O)c1cccc(Cl)c1Cl. The molecular formula is C10H14Cl2N2O3S. The second-order valence-corrected chi connectivity index (χ2v) is 6.33. The summed E-state index contributed by atoms with van der Waals surface area (Å²) in [5, 5.41) is 9.29. The van der Waals surface area contributed by atoms with E-state index in [0.29, 0.717) is 0 Å². The van der Waals surface area contributed by atoms with Crippen molar-refractivity contribution in [3.05, 3.63) is 28.2 Å². The highest BCUT2D eigenvalue weighted by Crippen LogP contribution is 2.28. The Bertz CT molecular complexity index is 520. The molecule has 18 heavy (non-hydrogen) atoms. The quantitative estimate of drug-likeness (QED) is 0.755. The van der Waals surface area contributed by atoms with Gasteiger partial charge in [0.2, 0.25) is 10.0 Å². The smallest absolute Gasteiger partial charge is 0.242 e. The number of hydrogen-bond donors (Lipinski definition) is 3. The van der Waals surface area contributed by atoms with Crippen LogP contribution in [0.15, 0.2) is 23.1 Å². The van der Waals surface area contributed by atoms with Gasteiger partial charge in [-0.1, -0.05) is 29.3 Å². The van der Waals surface area contributed by atoms with E-state index in [4.69, 9.17) is 28.9 Å². The molecule has 0 aliphatic carbocycles. The largest absolute Gasteiger partial charge is 0.392 e. The first-order chi connectivity index (χ1) is 8.25. The topological polar surface area (TPSA) is 92.4 Å². The molecule has 0 spiro atoms. The predicted molar refractivity (Wildman–Crippen MR) is 71.3 cm³/mol. The number of aliphatic hydroxyl groups excluding tert-OH is 1. The van der Waals surface area contributed by atoms with E-state index in [-0.39, 0.29) is 21.5 Å². The summed E-state index contributed by atoms with van der Waals surface area (Å²) in [7, 11) is -3.80. The van der Waals surface area contributed by atoms with Gasteiger partial charge >= 0.3 is 0 Å². The molecule has 0 aliphatic heterocycles. The molecule has 2 unspecified atom stereocenters. The number of rotatable bonds is 5. The van der Waals surface area contributed by atoms with Gasteiger partial charge < -0.3 is 10.8 Å². The van der Waals surface area contributed by atoms with E-state index in [2.05, 4.69) is 4.72 Å². The van der Waals surface area contributed by atoms with Crippen LogP contribution in [0.2, 0.25) is 10.0 Å². The van der Waals surface area contributed by atoms with Crippen LogP contribution in [0.5, 0.6) is 0 Å². The van der Waals surface area contributed by atoms with E-state index in [9.17, 15) is 13.5 Å². The molecule has 0 radical (unpaired) electrons. The lowest BCUT2D eigenvalue weighted by Gasteiger charge is -2.16. The summed E-state index contributed by atoms with van der Waals surface area (Å²) in [5.41, 5.74) is 5.53. The molecule has 8 heteroatoms. The molecule has 0 saturated heterocycles. The Morgan fingerprint density at radius 3 is 2.61 bits per heavy atom. The van der Waals surface area contributed by atoms with Gasteiger partial charge in [0.15, 0.2) is 0 Å². The minimum absolute atomic E-state index is 0.0442. The Morgan fingerprint density at radius 1 is 1.44 bits per heavy atom. The Kier molecular flexibility index (Phi) is 5.39. The molecule has 102 valence electrons. The highest BCUT2D eigenvalue weighted by Gasteiger charge is 2.21. The number of sulfonamides is 1. The van der Waals surface area contributed by atoms with Crippen molar-refractivity contribution in [3.63, 3.8) is 0 Å². The van der Waals surface area contributed by atoms with Crippen LogP contribution in [-0.4, -0.2) is 32.2 Å². The van der Waals surface area contributed by atoms with E-state index >= 15 is 0 Å². The van der Waals surface area contributed by atoms with Crippen molar-refractivity contribution >= 4 is 33.2 Å². The number of nitrogens with one attached hydrogen (secondary N) is 1. The third-order valence-corrected chi connectivity index (χ3v) is 4.73. The van der Waals surface area contributed by atoms with Crippen molar-refractivity contribution in [1.29, 1.82) is 0 Å². The van der Waals surface area contributed by atoms with Crippen LogP contribution in [0.25, 0.3) is 0 Å². The van der Waals surface area contributed by atoms with E-state index < -0.39 is 22.2 Å². The highest BCUT2D eigenvalue weighted by atomic mass is 35.5. The normalized spacial score (nSPS) is 15.4. The minimum Gasteiger partial charge on any atom is -0.392 e. The predicted octanol–water partition coefficient (Wildman–Crippen LogP) is 0.980. The van der Waals surface area contributed by atoms with Crippen LogP contribution in [0.3, 0.4) is 0 Å². The highest BCUT2D eigenvalue weighted by molar-refractivity contribution is 7.89. The first-order valence-electron chi connectivity index (χ1n) is 5.13. The Morgan fingerprint density at radius 2 is 2.06 bits per heavy atom. The second-order valence-electron chi connectivity index (χ2n) is 3.81. The Hall–Kier alpha value is -0.370. The molecular weight excluding hydrogens is 299 g/mol. The average Bonchev–Trinajstić information content (AvgIpc) is 2.29. The zero-order valence-electron chi connectivity index (χ0n) is 9.60. The molecule has 0 heterocycles. The van der Waals surface area contributed by atoms with Crippen LogP contribution in [-0.2, 0) is 10.0 Å². The van der Waals surface area contributed by atoms with Crippen LogP contribution < -0.4 is 10.5 Å². The van der Waals surface area contributed by atoms with Gasteiger partial charge in [-0.3, -0.25) is 0 Å². The molecule has 0 aliphatic rings.